The van der Waals surface area contributed by atoms with E-state index in [-0.39, 0.29) is 30.0 Å². The van der Waals surface area contributed by atoms with E-state index in [1.54, 1.807) is 0 Å². The van der Waals surface area contributed by atoms with Crippen molar-refractivity contribution in [3.8, 4) is 17.1 Å². The number of H-pyrrole nitrogens is 1. The van der Waals surface area contributed by atoms with Crippen molar-refractivity contribution in [2.24, 2.45) is 0 Å². The van der Waals surface area contributed by atoms with Crippen molar-refractivity contribution >= 4 is 5.91 Å². The Labute approximate surface area is 191 Å². The van der Waals surface area contributed by atoms with Crippen molar-refractivity contribution in [2.45, 2.75) is 26.0 Å². The van der Waals surface area contributed by atoms with E-state index in [0.29, 0.717) is 19.0 Å². The number of aromatic amines is 1. The zero-order valence-electron chi connectivity index (χ0n) is 18.0. The summed E-state index contributed by atoms with van der Waals surface area (Å²) in [6.07, 6.45) is 0.382. The molecule has 0 aliphatic heterocycles. The molecule has 2 N–H and O–H groups in total. The lowest BCUT2D eigenvalue weighted by atomic mass is 10.2. The summed E-state index contributed by atoms with van der Waals surface area (Å²) >= 11 is 0. The lowest BCUT2D eigenvalue weighted by molar-refractivity contribution is -0.121. The average Bonchev–Trinajstić information content (AvgIpc) is 2.87. The third-order valence-corrected chi connectivity index (χ3v) is 5.06. The number of hydrogen-bond donors (Lipinski definition) is 2. The molecule has 0 fully saturated rings. The van der Waals surface area contributed by atoms with Gasteiger partial charge in [0.15, 0.2) is 5.82 Å². The van der Waals surface area contributed by atoms with Crippen LogP contribution in [0.5, 0.6) is 5.75 Å². The molecule has 7 nitrogen and oxygen atoms in total. The van der Waals surface area contributed by atoms with E-state index < -0.39 is 0 Å². The molecule has 0 atom stereocenters. The lowest BCUT2D eigenvalue weighted by Crippen LogP contribution is -2.25. The normalized spacial score (nSPS) is 10.5. The zero-order valence-corrected chi connectivity index (χ0v) is 18.0. The SMILES string of the molecule is O=C(CCc1nnc(-c2ccc(OCc3ccccc3)cc2)[nH]c1=O)NCc1ccccc1. The summed E-state index contributed by atoms with van der Waals surface area (Å²) in [5.74, 6) is 0.943. The number of amides is 1. The van der Waals surface area contributed by atoms with Gasteiger partial charge in [-0.15, -0.1) is 10.2 Å². The Morgan fingerprint density at radius 3 is 2.18 bits per heavy atom. The van der Waals surface area contributed by atoms with Crippen LogP contribution in [0.1, 0.15) is 23.2 Å². The summed E-state index contributed by atoms with van der Waals surface area (Å²) in [4.78, 5) is 27.2. The molecule has 0 aliphatic rings. The molecule has 166 valence electrons. The summed E-state index contributed by atoms with van der Waals surface area (Å²) in [6.45, 7) is 0.927. The van der Waals surface area contributed by atoms with Crippen LogP contribution in [0.25, 0.3) is 11.4 Å². The first-order valence-electron chi connectivity index (χ1n) is 10.7. The van der Waals surface area contributed by atoms with E-state index in [0.717, 1.165) is 22.4 Å². The Balaban J connectivity index is 1.30. The number of ether oxygens (including phenoxy) is 1. The number of hydrogen-bond acceptors (Lipinski definition) is 5. The fourth-order valence-corrected chi connectivity index (χ4v) is 3.22. The Bertz CT molecular complexity index is 1240. The van der Waals surface area contributed by atoms with Gasteiger partial charge in [0, 0.05) is 24.9 Å². The Morgan fingerprint density at radius 2 is 1.52 bits per heavy atom. The van der Waals surface area contributed by atoms with Crippen LogP contribution < -0.4 is 15.6 Å². The highest BCUT2D eigenvalue weighted by atomic mass is 16.5. The molecule has 0 spiro atoms. The van der Waals surface area contributed by atoms with E-state index in [1.165, 1.54) is 0 Å². The molecule has 7 heteroatoms. The van der Waals surface area contributed by atoms with E-state index in [2.05, 4.69) is 20.5 Å². The van der Waals surface area contributed by atoms with Crippen molar-refractivity contribution in [2.75, 3.05) is 0 Å². The maximum atomic E-state index is 12.4. The van der Waals surface area contributed by atoms with Crippen molar-refractivity contribution in [1.82, 2.24) is 20.5 Å². The van der Waals surface area contributed by atoms with Crippen LogP contribution in [0.3, 0.4) is 0 Å². The van der Waals surface area contributed by atoms with Gasteiger partial charge < -0.3 is 15.0 Å². The highest BCUT2D eigenvalue weighted by Crippen LogP contribution is 2.19. The van der Waals surface area contributed by atoms with Gasteiger partial charge in [-0.25, -0.2) is 0 Å². The monoisotopic (exact) mass is 440 g/mol. The molecule has 1 aromatic heterocycles. The van der Waals surface area contributed by atoms with Crippen molar-refractivity contribution in [3.05, 3.63) is 112 Å². The molecule has 1 heterocycles. The number of benzene rings is 3. The Hall–Kier alpha value is -4.26. The molecule has 0 aliphatic carbocycles. The summed E-state index contributed by atoms with van der Waals surface area (Å²) in [7, 11) is 0. The van der Waals surface area contributed by atoms with Gasteiger partial charge in [-0.2, -0.15) is 0 Å². The van der Waals surface area contributed by atoms with Gasteiger partial charge in [0.1, 0.15) is 18.1 Å². The third-order valence-electron chi connectivity index (χ3n) is 5.06. The molecule has 3 aromatic carbocycles. The molecular formula is C26H24N4O3. The number of nitrogens with one attached hydrogen (secondary N) is 2. The van der Waals surface area contributed by atoms with Gasteiger partial charge in [-0.3, -0.25) is 9.59 Å². The van der Waals surface area contributed by atoms with Gasteiger partial charge in [0.25, 0.3) is 5.56 Å². The van der Waals surface area contributed by atoms with E-state index in [9.17, 15) is 9.59 Å². The predicted molar refractivity (Wildman–Crippen MR) is 125 cm³/mol. The minimum atomic E-state index is -0.347. The van der Waals surface area contributed by atoms with Crippen molar-refractivity contribution in [1.29, 1.82) is 0 Å². The number of nitrogens with zero attached hydrogens (tertiary/aromatic N) is 2. The summed E-state index contributed by atoms with van der Waals surface area (Å²) < 4.78 is 5.78. The molecule has 4 aromatic rings. The zero-order chi connectivity index (χ0) is 22.9. The highest BCUT2D eigenvalue weighted by molar-refractivity contribution is 5.76. The second-order valence-corrected chi connectivity index (χ2v) is 7.51. The van der Waals surface area contributed by atoms with E-state index in [1.807, 2.05) is 84.9 Å². The molecule has 0 saturated carbocycles. The van der Waals surface area contributed by atoms with Crippen LogP contribution >= 0.6 is 0 Å². The summed E-state index contributed by atoms with van der Waals surface area (Å²) in [6, 6.07) is 26.8. The van der Waals surface area contributed by atoms with Crippen LogP contribution in [-0.4, -0.2) is 21.1 Å². The van der Waals surface area contributed by atoms with Gasteiger partial charge >= 0.3 is 0 Å². The van der Waals surface area contributed by atoms with Crippen LogP contribution in [0.2, 0.25) is 0 Å². The molecule has 0 bridgehead atoms. The molecule has 0 radical (unpaired) electrons. The smallest absolute Gasteiger partial charge is 0.273 e. The first kappa shape index (κ1) is 22.0. The van der Waals surface area contributed by atoms with Crippen LogP contribution in [0.15, 0.2) is 89.7 Å². The van der Waals surface area contributed by atoms with Crippen molar-refractivity contribution in [3.63, 3.8) is 0 Å². The molecule has 1 amide bonds. The number of carbonyl (C=O) groups excluding carboxylic acids is 1. The predicted octanol–water partition coefficient (Wildman–Crippen LogP) is 3.66. The quantitative estimate of drug-likeness (QED) is 0.414. The molecule has 33 heavy (non-hydrogen) atoms. The van der Waals surface area contributed by atoms with E-state index >= 15 is 0 Å². The minimum Gasteiger partial charge on any atom is -0.489 e. The topological polar surface area (TPSA) is 97.0 Å². The highest BCUT2D eigenvalue weighted by Gasteiger charge is 2.10. The van der Waals surface area contributed by atoms with Crippen molar-refractivity contribution < 1.29 is 9.53 Å². The minimum absolute atomic E-state index is 0.143. The van der Waals surface area contributed by atoms with Gasteiger partial charge in [0.05, 0.1) is 0 Å². The first-order chi connectivity index (χ1) is 16.2. The fraction of sp³-hybridized carbons (Fsp3) is 0.154. The number of carbonyl (C=O) groups is 1. The van der Waals surface area contributed by atoms with E-state index in [4.69, 9.17) is 4.74 Å². The third kappa shape index (κ3) is 6.36. The molecule has 0 unspecified atom stereocenters. The van der Waals surface area contributed by atoms with Crippen LogP contribution in [0, 0.1) is 0 Å². The standard InChI is InChI=1S/C26H24N4O3/c31-24(27-17-19-7-3-1-4-8-19)16-15-23-26(32)28-25(30-29-23)21-11-13-22(14-12-21)33-18-20-9-5-2-6-10-20/h1-14H,15-18H2,(H,27,31)(H,28,30,32). The van der Waals surface area contributed by atoms with Gasteiger partial charge in [-0.05, 0) is 35.4 Å². The number of aromatic nitrogens is 3. The molecule has 0 saturated heterocycles. The first-order valence-corrected chi connectivity index (χ1v) is 10.7. The van der Waals surface area contributed by atoms with Crippen LogP contribution in [-0.2, 0) is 24.4 Å². The van der Waals surface area contributed by atoms with Gasteiger partial charge in [-0.1, -0.05) is 60.7 Å². The van der Waals surface area contributed by atoms with Crippen LogP contribution in [0.4, 0.5) is 0 Å². The molecule has 4 rings (SSSR count). The number of aryl methyl sites for hydroxylation is 1. The molecular weight excluding hydrogens is 416 g/mol. The maximum Gasteiger partial charge on any atom is 0.273 e. The average molecular weight is 441 g/mol. The number of rotatable bonds is 9. The Kier molecular flexibility index (Phi) is 7.22. The lowest BCUT2D eigenvalue weighted by Gasteiger charge is -2.07. The maximum absolute atomic E-state index is 12.4. The fourth-order valence-electron chi connectivity index (χ4n) is 3.22. The van der Waals surface area contributed by atoms with Gasteiger partial charge in [0.2, 0.25) is 5.91 Å². The summed E-state index contributed by atoms with van der Waals surface area (Å²) in [5.41, 5.74) is 2.71. The largest absolute Gasteiger partial charge is 0.489 e. The Morgan fingerprint density at radius 1 is 0.848 bits per heavy atom. The summed E-state index contributed by atoms with van der Waals surface area (Å²) in [5, 5.41) is 11.0. The second-order valence-electron chi connectivity index (χ2n) is 7.51. The second kappa shape index (κ2) is 10.9.